The van der Waals surface area contributed by atoms with E-state index in [0.29, 0.717) is 23.8 Å². The fourth-order valence-corrected chi connectivity index (χ4v) is 4.19. The molecule has 1 saturated carbocycles. The Hall–Kier alpha value is -3.13. The first-order valence-corrected chi connectivity index (χ1v) is 10.2. The number of anilines is 1. The van der Waals surface area contributed by atoms with Crippen LogP contribution >= 0.6 is 0 Å². The number of amides is 1. The highest BCUT2D eigenvalue weighted by Gasteiger charge is 2.26. The Labute approximate surface area is 174 Å². The summed E-state index contributed by atoms with van der Waals surface area (Å²) in [5.74, 6) is 1.30. The zero-order valence-electron chi connectivity index (χ0n) is 16.9. The Bertz CT molecular complexity index is 956. The van der Waals surface area contributed by atoms with Crippen molar-refractivity contribution in [2.24, 2.45) is 0 Å². The predicted octanol–water partition coefficient (Wildman–Crippen LogP) is 4.02. The van der Waals surface area contributed by atoms with E-state index in [2.05, 4.69) is 10.2 Å². The lowest BCUT2D eigenvalue weighted by Crippen LogP contribution is -2.39. The zero-order valence-corrected chi connectivity index (χ0v) is 16.9. The van der Waals surface area contributed by atoms with E-state index in [-0.39, 0.29) is 24.9 Å². The molecule has 2 aromatic carbocycles. The Balaban J connectivity index is 1.47. The van der Waals surface area contributed by atoms with Gasteiger partial charge in [0.15, 0.2) is 11.5 Å². The molecule has 1 aliphatic carbocycles. The highest BCUT2D eigenvalue weighted by atomic mass is 16.7. The van der Waals surface area contributed by atoms with Crippen molar-refractivity contribution in [3.63, 3.8) is 0 Å². The van der Waals surface area contributed by atoms with E-state index in [1.54, 1.807) is 19.1 Å². The number of fused-ring (bicyclic) bond motifs is 1. The van der Waals surface area contributed by atoms with Gasteiger partial charge in [-0.3, -0.25) is 19.8 Å². The Kier molecular flexibility index (Phi) is 5.85. The average molecular weight is 411 g/mol. The number of benzene rings is 2. The molecular formula is C22H25N3O5. The van der Waals surface area contributed by atoms with Gasteiger partial charge in [0, 0.05) is 18.7 Å². The van der Waals surface area contributed by atoms with Gasteiger partial charge in [-0.2, -0.15) is 0 Å². The fraction of sp³-hybridized carbons (Fsp3) is 0.409. The van der Waals surface area contributed by atoms with Crippen molar-refractivity contribution in [1.82, 2.24) is 4.90 Å². The van der Waals surface area contributed by atoms with E-state index < -0.39 is 4.92 Å². The minimum absolute atomic E-state index is 0.000749. The van der Waals surface area contributed by atoms with Gasteiger partial charge in [0.2, 0.25) is 12.7 Å². The molecule has 1 amide bonds. The monoisotopic (exact) mass is 411 g/mol. The second-order valence-corrected chi connectivity index (χ2v) is 7.79. The van der Waals surface area contributed by atoms with Crippen LogP contribution in [0.15, 0.2) is 36.4 Å². The molecule has 4 rings (SSSR count). The van der Waals surface area contributed by atoms with Crippen molar-refractivity contribution >= 4 is 17.3 Å². The number of carbonyl (C=O) groups excluding carboxylic acids is 1. The first-order chi connectivity index (χ1) is 14.5. The number of nitrogens with zero attached hydrogens (tertiary/aromatic N) is 2. The smallest absolute Gasteiger partial charge is 0.274 e. The number of rotatable bonds is 7. The number of ether oxygens (including phenoxy) is 2. The van der Waals surface area contributed by atoms with Gasteiger partial charge in [-0.05, 0) is 43.5 Å². The third-order valence-corrected chi connectivity index (χ3v) is 5.79. The Morgan fingerprint density at radius 3 is 2.73 bits per heavy atom. The zero-order chi connectivity index (χ0) is 21.1. The minimum atomic E-state index is -0.435. The third kappa shape index (κ3) is 4.38. The van der Waals surface area contributed by atoms with Gasteiger partial charge in [-0.1, -0.05) is 25.0 Å². The lowest BCUT2D eigenvalue weighted by Gasteiger charge is -2.28. The van der Waals surface area contributed by atoms with Crippen LogP contribution in [0, 0.1) is 17.0 Å². The summed E-state index contributed by atoms with van der Waals surface area (Å²) in [6.45, 7) is 2.73. The van der Waals surface area contributed by atoms with Crippen LogP contribution in [0.25, 0.3) is 0 Å². The topological polar surface area (TPSA) is 93.9 Å². The highest BCUT2D eigenvalue weighted by Crippen LogP contribution is 2.34. The molecule has 2 aromatic rings. The minimum Gasteiger partial charge on any atom is -0.454 e. The van der Waals surface area contributed by atoms with Gasteiger partial charge >= 0.3 is 0 Å². The van der Waals surface area contributed by atoms with Crippen LogP contribution in [0.1, 0.15) is 36.8 Å². The molecule has 0 radical (unpaired) electrons. The van der Waals surface area contributed by atoms with Gasteiger partial charge in [0.25, 0.3) is 5.69 Å². The summed E-state index contributed by atoms with van der Waals surface area (Å²) < 4.78 is 10.9. The summed E-state index contributed by atoms with van der Waals surface area (Å²) in [5.41, 5.74) is 1.99. The standard InChI is InChI=1S/C22H25N3O5/c1-15-18(7-4-8-19(15)25(27)28)23-22(26)13-24(17-5-2-3-6-17)12-16-9-10-20-21(11-16)30-14-29-20/h4,7-11,17H,2-3,5-6,12-14H2,1H3,(H,23,26). The second kappa shape index (κ2) is 8.71. The molecule has 158 valence electrons. The van der Waals surface area contributed by atoms with Crippen molar-refractivity contribution in [1.29, 1.82) is 0 Å². The lowest BCUT2D eigenvalue weighted by molar-refractivity contribution is -0.385. The van der Waals surface area contributed by atoms with Crippen molar-refractivity contribution < 1.29 is 19.2 Å². The first-order valence-electron chi connectivity index (χ1n) is 10.2. The lowest BCUT2D eigenvalue weighted by atomic mass is 10.1. The van der Waals surface area contributed by atoms with Crippen LogP contribution in [0.4, 0.5) is 11.4 Å². The molecule has 8 nitrogen and oxygen atoms in total. The third-order valence-electron chi connectivity index (χ3n) is 5.79. The van der Waals surface area contributed by atoms with E-state index in [4.69, 9.17) is 9.47 Å². The van der Waals surface area contributed by atoms with Crippen LogP contribution in [0.5, 0.6) is 11.5 Å². The molecular weight excluding hydrogens is 386 g/mol. The first kappa shape index (κ1) is 20.2. The Morgan fingerprint density at radius 1 is 1.20 bits per heavy atom. The molecule has 1 heterocycles. The maximum Gasteiger partial charge on any atom is 0.274 e. The molecule has 8 heteroatoms. The molecule has 0 atom stereocenters. The largest absolute Gasteiger partial charge is 0.454 e. The SMILES string of the molecule is Cc1c(NC(=O)CN(Cc2ccc3c(c2)OCO3)C2CCCC2)cccc1[N+](=O)[O-]. The summed E-state index contributed by atoms with van der Waals surface area (Å²) in [6.07, 6.45) is 4.45. The van der Waals surface area contributed by atoms with Gasteiger partial charge in [0.1, 0.15) is 0 Å². The summed E-state index contributed by atoms with van der Waals surface area (Å²) in [5, 5.41) is 14.0. The van der Waals surface area contributed by atoms with Crippen LogP contribution in [-0.2, 0) is 11.3 Å². The quantitative estimate of drug-likeness (QED) is 0.546. The fourth-order valence-electron chi connectivity index (χ4n) is 4.19. The summed E-state index contributed by atoms with van der Waals surface area (Å²) in [4.78, 5) is 25.7. The van der Waals surface area contributed by atoms with E-state index >= 15 is 0 Å². The number of carbonyl (C=O) groups is 1. The van der Waals surface area contributed by atoms with Gasteiger partial charge in [-0.25, -0.2) is 0 Å². The summed E-state index contributed by atoms with van der Waals surface area (Å²) in [6, 6.07) is 10.9. The van der Waals surface area contributed by atoms with E-state index in [1.807, 2.05) is 18.2 Å². The molecule has 1 N–H and O–H groups in total. The molecule has 1 aliphatic heterocycles. The summed E-state index contributed by atoms with van der Waals surface area (Å²) in [7, 11) is 0. The molecule has 0 aromatic heterocycles. The number of hydrogen-bond acceptors (Lipinski definition) is 6. The second-order valence-electron chi connectivity index (χ2n) is 7.79. The van der Waals surface area contributed by atoms with E-state index in [1.165, 1.54) is 6.07 Å². The molecule has 0 bridgehead atoms. The van der Waals surface area contributed by atoms with Crippen molar-refractivity contribution in [3.05, 3.63) is 57.6 Å². The molecule has 0 unspecified atom stereocenters. The van der Waals surface area contributed by atoms with Crippen LogP contribution in [-0.4, -0.2) is 35.1 Å². The Morgan fingerprint density at radius 2 is 1.97 bits per heavy atom. The van der Waals surface area contributed by atoms with Crippen LogP contribution in [0.3, 0.4) is 0 Å². The normalized spacial score (nSPS) is 15.5. The van der Waals surface area contributed by atoms with Crippen molar-refractivity contribution in [3.8, 4) is 11.5 Å². The summed E-state index contributed by atoms with van der Waals surface area (Å²) >= 11 is 0. The molecule has 2 aliphatic rings. The van der Waals surface area contributed by atoms with E-state index in [9.17, 15) is 14.9 Å². The molecule has 0 spiro atoms. The highest BCUT2D eigenvalue weighted by molar-refractivity contribution is 5.93. The van der Waals surface area contributed by atoms with Crippen molar-refractivity contribution in [2.45, 2.75) is 45.2 Å². The predicted molar refractivity (Wildman–Crippen MR) is 112 cm³/mol. The van der Waals surface area contributed by atoms with E-state index in [0.717, 1.165) is 42.7 Å². The van der Waals surface area contributed by atoms with Gasteiger partial charge in [-0.15, -0.1) is 0 Å². The molecule has 0 saturated heterocycles. The molecule has 1 fully saturated rings. The van der Waals surface area contributed by atoms with Crippen molar-refractivity contribution in [2.75, 3.05) is 18.7 Å². The number of nitro groups is 1. The van der Waals surface area contributed by atoms with Crippen LogP contribution in [0.2, 0.25) is 0 Å². The number of hydrogen-bond donors (Lipinski definition) is 1. The maximum atomic E-state index is 12.8. The van der Waals surface area contributed by atoms with Gasteiger partial charge in [0.05, 0.1) is 22.7 Å². The number of nitro benzene ring substituents is 1. The molecule has 30 heavy (non-hydrogen) atoms. The van der Waals surface area contributed by atoms with Gasteiger partial charge < -0.3 is 14.8 Å². The average Bonchev–Trinajstić information content (AvgIpc) is 3.40. The van der Waals surface area contributed by atoms with Crippen LogP contribution < -0.4 is 14.8 Å². The number of nitrogens with one attached hydrogen (secondary N) is 1. The maximum absolute atomic E-state index is 12.8.